The number of benzene rings is 1. The van der Waals surface area contributed by atoms with Crippen LogP contribution < -0.4 is 5.32 Å². The Kier molecular flexibility index (Phi) is 7.88. The second-order valence-corrected chi connectivity index (χ2v) is 7.72. The summed E-state index contributed by atoms with van der Waals surface area (Å²) >= 11 is 0. The van der Waals surface area contributed by atoms with Crippen molar-refractivity contribution in [3.63, 3.8) is 0 Å². The third-order valence-electron chi connectivity index (χ3n) is 4.86. The molecule has 1 amide bonds. The van der Waals surface area contributed by atoms with Crippen molar-refractivity contribution in [2.75, 3.05) is 0 Å². The van der Waals surface area contributed by atoms with Crippen LogP contribution in [0.25, 0.3) is 5.70 Å². The SMILES string of the molecule is C=N/C(=C(\N=CC)c1ccccn1)C(C)NC(=O)c1cc(C(F)(F)F)cc(C(C)(C)C#N)c1. The fourth-order valence-corrected chi connectivity index (χ4v) is 3.01. The number of hydrogen-bond acceptors (Lipinski definition) is 5. The van der Waals surface area contributed by atoms with E-state index in [0.717, 1.165) is 12.1 Å². The molecule has 0 saturated carbocycles. The average Bonchev–Trinajstić information content (AvgIpc) is 2.78. The van der Waals surface area contributed by atoms with Crippen molar-refractivity contribution in [3.05, 3.63) is 70.7 Å². The minimum atomic E-state index is -4.68. The molecule has 2 rings (SSSR count). The lowest BCUT2D eigenvalue weighted by Gasteiger charge is -2.21. The van der Waals surface area contributed by atoms with Crippen LogP contribution in [-0.4, -0.2) is 29.9 Å². The number of rotatable bonds is 7. The Morgan fingerprint density at radius 2 is 1.91 bits per heavy atom. The van der Waals surface area contributed by atoms with Crippen molar-refractivity contribution >= 4 is 24.5 Å². The first kappa shape index (κ1) is 25.5. The number of nitriles is 1. The van der Waals surface area contributed by atoms with E-state index in [4.69, 9.17) is 0 Å². The topological polar surface area (TPSA) is 90.5 Å². The molecule has 1 N–H and O–H groups in total. The van der Waals surface area contributed by atoms with Gasteiger partial charge in [0.2, 0.25) is 0 Å². The molecule has 0 saturated heterocycles. The van der Waals surface area contributed by atoms with Crippen molar-refractivity contribution in [2.45, 2.75) is 45.3 Å². The number of aromatic nitrogens is 1. The van der Waals surface area contributed by atoms with Crippen molar-refractivity contribution in [3.8, 4) is 6.07 Å². The van der Waals surface area contributed by atoms with E-state index in [1.165, 1.54) is 26.1 Å². The Labute approximate surface area is 190 Å². The molecule has 6 nitrogen and oxygen atoms in total. The second-order valence-electron chi connectivity index (χ2n) is 7.72. The van der Waals surface area contributed by atoms with Crippen LogP contribution >= 0.6 is 0 Å². The van der Waals surface area contributed by atoms with Gasteiger partial charge in [0.1, 0.15) is 5.70 Å². The number of alkyl halides is 3. The maximum absolute atomic E-state index is 13.5. The summed E-state index contributed by atoms with van der Waals surface area (Å²) in [6, 6.07) is 9.35. The molecule has 2 aromatic rings. The van der Waals surface area contributed by atoms with Gasteiger partial charge in [0.15, 0.2) is 0 Å². The molecular formula is C24H24F3N5O. The number of aliphatic imine (C=N–C) groups is 2. The fourth-order valence-electron chi connectivity index (χ4n) is 3.01. The molecule has 1 atom stereocenters. The molecule has 0 aliphatic carbocycles. The zero-order chi connectivity index (χ0) is 24.8. The molecular weight excluding hydrogens is 431 g/mol. The van der Waals surface area contributed by atoms with Crippen LogP contribution in [0.2, 0.25) is 0 Å². The van der Waals surface area contributed by atoms with Crippen molar-refractivity contribution in [2.24, 2.45) is 9.98 Å². The van der Waals surface area contributed by atoms with Crippen LogP contribution in [0.1, 0.15) is 54.9 Å². The van der Waals surface area contributed by atoms with E-state index in [-0.39, 0.29) is 11.1 Å². The highest BCUT2D eigenvalue weighted by Crippen LogP contribution is 2.34. The van der Waals surface area contributed by atoms with Crippen molar-refractivity contribution < 1.29 is 18.0 Å². The number of carbonyl (C=O) groups excluding carboxylic acids is 1. The van der Waals surface area contributed by atoms with Crippen molar-refractivity contribution in [1.29, 1.82) is 5.26 Å². The summed E-state index contributed by atoms with van der Waals surface area (Å²) < 4.78 is 40.4. The highest BCUT2D eigenvalue weighted by molar-refractivity contribution is 5.95. The molecule has 0 aliphatic heterocycles. The first-order valence-corrected chi connectivity index (χ1v) is 10.0. The van der Waals surface area contributed by atoms with Gasteiger partial charge >= 0.3 is 6.18 Å². The third-order valence-corrected chi connectivity index (χ3v) is 4.86. The van der Waals surface area contributed by atoms with Crippen LogP contribution in [0, 0.1) is 11.3 Å². The number of halogens is 3. The molecule has 0 aliphatic rings. The van der Waals surface area contributed by atoms with E-state index in [2.05, 4.69) is 27.0 Å². The zero-order valence-electron chi connectivity index (χ0n) is 18.7. The first-order chi connectivity index (χ1) is 15.4. The van der Waals surface area contributed by atoms with Crippen LogP contribution in [0.4, 0.5) is 13.2 Å². The number of hydrogen-bond donors (Lipinski definition) is 1. The summed E-state index contributed by atoms with van der Waals surface area (Å²) in [7, 11) is 0. The summed E-state index contributed by atoms with van der Waals surface area (Å²) in [5.41, 5.74) is -1.21. The van der Waals surface area contributed by atoms with Gasteiger partial charge in [-0.15, -0.1) is 0 Å². The van der Waals surface area contributed by atoms with Crippen LogP contribution in [0.3, 0.4) is 0 Å². The van der Waals surface area contributed by atoms with E-state index in [9.17, 15) is 23.2 Å². The number of nitrogens with zero attached hydrogens (tertiary/aromatic N) is 4. The lowest BCUT2D eigenvalue weighted by atomic mass is 9.84. The molecule has 1 aromatic heterocycles. The Hall–Kier alpha value is -3.80. The summed E-state index contributed by atoms with van der Waals surface area (Å²) in [5.74, 6) is -0.759. The predicted octanol–water partition coefficient (Wildman–Crippen LogP) is 5.18. The van der Waals surface area contributed by atoms with E-state index in [0.29, 0.717) is 17.1 Å². The Morgan fingerprint density at radius 1 is 1.24 bits per heavy atom. The summed E-state index contributed by atoms with van der Waals surface area (Å²) in [4.78, 5) is 25.5. The van der Waals surface area contributed by atoms with Crippen molar-refractivity contribution in [1.82, 2.24) is 10.3 Å². The summed E-state index contributed by atoms with van der Waals surface area (Å²) in [6.07, 6.45) is -1.57. The molecule has 33 heavy (non-hydrogen) atoms. The maximum Gasteiger partial charge on any atom is 0.416 e. The zero-order valence-corrected chi connectivity index (χ0v) is 18.7. The lowest BCUT2D eigenvalue weighted by molar-refractivity contribution is -0.137. The molecule has 1 aromatic carbocycles. The lowest BCUT2D eigenvalue weighted by Crippen LogP contribution is -2.34. The maximum atomic E-state index is 13.5. The van der Waals surface area contributed by atoms with Crippen LogP contribution in [0.5, 0.6) is 0 Å². The third kappa shape index (κ3) is 6.13. The van der Waals surface area contributed by atoms with Gasteiger partial charge in [0.05, 0.1) is 34.5 Å². The summed E-state index contributed by atoms with van der Waals surface area (Å²) in [5, 5.41) is 12.0. The first-order valence-electron chi connectivity index (χ1n) is 10.0. The number of pyridine rings is 1. The van der Waals surface area contributed by atoms with Gasteiger partial charge in [0.25, 0.3) is 5.91 Å². The molecule has 9 heteroatoms. The molecule has 1 unspecified atom stereocenters. The molecule has 0 fully saturated rings. The minimum Gasteiger partial charge on any atom is -0.344 e. The highest BCUT2D eigenvalue weighted by Gasteiger charge is 2.34. The van der Waals surface area contributed by atoms with Gasteiger partial charge in [-0.05, 0) is 70.3 Å². The van der Waals surface area contributed by atoms with E-state index in [1.54, 1.807) is 38.2 Å². The van der Waals surface area contributed by atoms with Gasteiger partial charge in [-0.1, -0.05) is 6.07 Å². The van der Waals surface area contributed by atoms with E-state index in [1.807, 2.05) is 6.07 Å². The Bertz CT molecular complexity index is 1130. The van der Waals surface area contributed by atoms with E-state index >= 15 is 0 Å². The van der Waals surface area contributed by atoms with Crippen LogP contribution in [0.15, 0.2) is 58.3 Å². The van der Waals surface area contributed by atoms with Gasteiger partial charge in [-0.3, -0.25) is 19.8 Å². The van der Waals surface area contributed by atoms with Crippen LogP contribution in [-0.2, 0) is 11.6 Å². The molecule has 172 valence electrons. The fraction of sp³-hybridized carbons (Fsp3) is 0.292. The second kappa shape index (κ2) is 10.2. The molecule has 1 heterocycles. The predicted molar refractivity (Wildman–Crippen MR) is 122 cm³/mol. The van der Waals surface area contributed by atoms with E-state index < -0.39 is 29.1 Å². The van der Waals surface area contributed by atoms with Gasteiger partial charge in [-0.25, -0.2) is 0 Å². The molecule has 0 spiro atoms. The molecule has 0 bridgehead atoms. The number of nitrogens with one attached hydrogen (secondary N) is 1. The normalized spacial score (nSPS) is 13.8. The summed E-state index contributed by atoms with van der Waals surface area (Å²) in [6.45, 7) is 9.83. The smallest absolute Gasteiger partial charge is 0.344 e. The van der Waals surface area contributed by atoms with Gasteiger partial charge < -0.3 is 5.32 Å². The average molecular weight is 455 g/mol. The van der Waals surface area contributed by atoms with Gasteiger partial charge in [0, 0.05) is 18.0 Å². The molecule has 0 radical (unpaired) electrons. The Balaban J connectivity index is 2.51. The largest absolute Gasteiger partial charge is 0.416 e. The van der Waals surface area contributed by atoms with Gasteiger partial charge in [-0.2, -0.15) is 18.4 Å². The minimum absolute atomic E-state index is 0.0833. The highest BCUT2D eigenvalue weighted by atomic mass is 19.4. The Morgan fingerprint density at radius 3 is 2.42 bits per heavy atom. The quantitative estimate of drug-likeness (QED) is 0.583. The standard InChI is InChI=1S/C24H24F3N5O/c1-6-30-21(19-9-7-8-10-31-19)20(29-5)15(2)32-22(33)16-11-17(23(3,4)14-28)13-18(12-16)24(25,26)27/h6-13,15H,5H2,1-4H3,(H,32,33)/b21-20-,30-6?. The number of carbonyl (C=O) groups is 1. The number of amides is 1. The monoisotopic (exact) mass is 455 g/mol.